The number of hydrogen-bond donors (Lipinski definition) is 5. The summed E-state index contributed by atoms with van der Waals surface area (Å²) in [5, 5.41) is 48.7. The van der Waals surface area contributed by atoms with Crippen LogP contribution in [0.3, 0.4) is 0 Å². The average molecular weight is 421 g/mol. The summed E-state index contributed by atoms with van der Waals surface area (Å²) in [5.74, 6) is 0.526. The molecule has 0 spiro atoms. The zero-order chi connectivity index (χ0) is 21.0. The molecule has 0 aliphatic carbocycles. The lowest BCUT2D eigenvalue weighted by atomic mass is 10.00. The molecule has 0 bridgehead atoms. The number of rotatable bonds is 7. The van der Waals surface area contributed by atoms with Gasteiger partial charge in [-0.05, 0) is 40.8 Å². The van der Waals surface area contributed by atoms with Gasteiger partial charge in [0.1, 0.15) is 18.0 Å². The van der Waals surface area contributed by atoms with Gasteiger partial charge in [0, 0.05) is 6.42 Å². The molecule has 2 aromatic rings. The molecule has 158 valence electrons. The molecule has 0 saturated carbocycles. The summed E-state index contributed by atoms with van der Waals surface area (Å²) < 4.78 is 6.02. The van der Waals surface area contributed by atoms with Crippen molar-refractivity contribution in [2.24, 2.45) is 0 Å². The van der Waals surface area contributed by atoms with Crippen LogP contribution in [0.25, 0.3) is 0 Å². The van der Waals surface area contributed by atoms with E-state index < -0.39 is 29.0 Å². The number of aryl methyl sites for hydroxylation is 1. The van der Waals surface area contributed by atoms with Crippen molar-refractivity contribution < 1.29 is 30.3 Å². The van der Waals surface area contributed by atoms with Crippen molar-refractivity contribution in [3.05, 3.63) is 64.7 Å². The molecule has 0 unspecified atom stereocenters. The molecule has 0 amide bonds. The van der Waals surface area contributed by atoms with Gasteiger partial charge in [0.15, 0.2) is 5.44 Å². The third-order valence-electron chi connectivity index (χ3n) is 5.22. The second-order valence-electron chi connectivity index (χ2n) is 7.26. The van der Waals surface area contributed by atoms with E-state index in [1.807, 2.05) is 6.07 Å². The van der Waals surface area contributed by atoms with Crippen molar-refractivity contribution in [2.45, 2.75) is 55.4 Å². The maximum absolute atomic E-state index is 10.3. The van der Waals surface area contributed by atoms with Crippen molar-refractivity contribution in [1.82, 2.24) is 0 Å². The molecular formula is C22H28O6S. The summed E-state index contributed by atoms with van der Waals surface area (Å²) in [4.78, 5) is 0. The summed E-state index contributed by atoms with van der Waals surface area (Å²) in [6.07, 6.45) is -2.39. The lowest BCUT2D eigenvalue weighted by Crippen LogP contribution is -2.55. The lowest BCUT2D eigenvalue weighted by Gasteiger charge is -2.39. The van der Waals surface area contributed by atoms with Crippen LogP contribution in [0.4, 0.5) is 0 Å². The Morgan fingerprint density at radius 3 is 2.14 bits per heavy atom. The Morgan fingerprint density at radius 1 is 0.862 bits per heavy atom. The SMILES string of the molecule is CCc1ccc(Cc2cc(CO)ccc2O[C@@H]2S[C@H](CO)[C@@H](O)[C@H](O)[C@H]2O)cc1. The van der Waals surface area contributed by atoms with Gasteiger partial charge in [0.25, 0.3) is 0 Å². The second kappa shape index (κ2) is 9.93. The number of hydrogen-bond acceptors (Lipinski definition) is 7. The third kappa shape index (κ3) is 5.12. The maximum Gasteiger partial charge on any atom is 0.173 e. The standard InChI is InChI=1S/C22H28O6S/c1-2-13-3-5-14(6-4-13)9-16-10-15(11-23)7-8-17(16)28-22-21(27)20(26)19(25)18(12-24)29-22/h3-8,10,18-27H,2,9,11-12H2,1H3/t18-,19-,20+,21-,22-/m1/s1. The highest BCUT2D eigenvalue weighted by molar-refractivity contribution is 8.00. The molecule has 1 aliphatic rings. The number of ether oxygens (including phenoxy) is 1. The second-order valence-corrected chi connectivity index (χ2v) is 8.60. The van der Waals surface area contributed by atoms with Crippen LogP contribution in [0.15, 0.2) is 42.5 Å². The molecule has 5 N–H and O–H groups in total. The Balaban J connectivity index is 1.84. The maximum atomic E-state index is 10.3. The molecule has 0 radical (unpaired) electrons. The van der Waals surface area contributed by atoms with Gasteiger partial charge >= 0.3 is 0 Å². The summed E-state index contributed by atoms with van der Waals surface area (Å²) in [5.41, 5.74) is 3.08. The first-order valence-electron chi connectivity index (χ1n) is 9.74. The van der Waals surface area contributed by atoms with E-state index in [-0.39, 0.29) is 13.2 Å². The minimum Gasteiger partial charge on any atom is -0.477 e. The Bertz CT molecular complexity index is 794. The van der Waals surface area contributed by atoms with E-state index in [0.29, 0.717) is 12.2 Å². The van der Waals surface area contributed by atoms with E-state index in [1.165, 1.54) is 5.56 Å². The normalized spacial score (nSPS) is 27.0. The van der Waals surface area contributed by atoms with E-state index in [2.05, 4.69) is 31.2 Å². The molecular weight excluding hydrogens is 392 g/mol. The highest BCUT2D eigenvalue weighted by Gasteiger charge is 2.44. The van der Waals surface area contributed by atoms with Crippen LogP contribution < -0.4 is 4.74 Å². The van der Waals surface area contributed by atoms with Gasteiger partial charge < -0.3 is 30.3 Å². The monoisotopic (exact) mass is 420 g/mol. The van der Waals surface area contributed by atoms with Crippen molar-refractivity contribution in [3.63, 3.8) is 0 Å². The fraction of sp³-hybridized carbons (Fsp3) is 0.455. The first-order chi connectivity index (χ1) is 14.0. The average Bonchev–Trinajstić information content (AvgIpc) is 2.75. The zero-order valence-corrected chi connectivity index (χ0v) is 17.1. The summed E-state index contributed by atoms with van der Waals surface area (Å²) in [6, 6.07) is 13.6. The van der Waals surface area contributed by atoms with E-state index in [4.69, 9.17) is 4.74 Å². The Morgan fingerprint density at radius 2 is 1.52 bits per heavy atom. The topological polar surface area (TPSA) is 110 Å². The van der Waals surface area contributed by atoms with Crippen LogP contribution in [0.1, 0.15) is 29.2 Å². The van der Waals surface area contributed by atoms with E-state index in [1.54, 1.807) is 12.1 Å². The molecule has 6 nitrogen and oxygen atoms in total. The molecule has 29 heavy (non-hydrogen) atoms. The van der Waals surface area contributed by atoms with Crippen LogP contribution in [-0.4, -0.2) is 61.1 Å². The van der Waals surface area contributed by atoms with Gasteiger partial charge in [0.2, 0.25) is 0 Å². The molecule has 1 saturated heterocycles. The molecule has 1 aliphatic heterocycles. The van der Waals surface area contributed by atoms with Crippen LogP contribution in [0, 0.1) is 0 Å². The lowest BCUT2D eigenvalue weighted by molar-refractivity contribution is -0.0910. The van der Waals surface area contributed by atoms with Crippen LogP contribution in [0.5, 0.6) is 5.75 Å². The minimum absolute atomic E-state index is 0.0969. The summed E-state index contributed by atoms with van der Waals surface area (Å²) in [7, 11) is 0. The highest BCUT2D eigenvalue weighted by atomic mass is 32.2. The predicted molar refractivity (Wildman–Crippen MR) is 112 cm³/mol. The first-order valence-corrected chi connectivity index (χ1v) is 10.7. The molecule has 1 fully saturated rings. The molecule has 5 atom stereocenters. The summed E-state index contributed by atoms with van der Waals surface area (Å²) >= 11 is 1.09. The fourth-order valence-electron chi connectivity index (χ4n) is 3.39. The molecule has 2 aromatic carbocycles. The molecule has 3 rings (SSSR count). The van der Waals surface area contributed by atoms with Crippen molar-refractivity contribution in [2.75, 3.05) is 6.61 Å². The largest absolute Gasteiger partial charge is 0.477 e. The van der Waals surface area contributed by atoms with E-state index >= 15 is 0 Å². The van der Waals surface area contributed by atoms with Crippen LogP contribution in [0.2, 0.25) is 0 Å². The number of thioether (sulfide) groups is 1. The van der Waals surface area contributed by atoms with Gasteiger partial charge in [-0.1, -0.05) is 37.3 Å². The van der Waals surface area contributed by atoms with Crippen molar-refractivity contribution in [1.29, 1.82) is 0 Å². The molecule has 1 heterocycles. The Labute approximate surface area is 174 Å². The highest BCUT2D eigenvalue weighted by Crippen LogP contribution is 2.36. The Kier molecular flexibility index (Phi) is 7.56. The molecule has 7 heteroatoms. The quantitative estimate of drug-likeness (QED) is 0.458. The van der Waals surface area contributed by atoms with Crippen LogP contribution >= 0.6 is 11.8 Å². The van der Waals surface area contributed by atoms with Gasteiger partial charge in [-0.2, -0.15) is 0 Å². The predicted octanol–water partition coefficient (Wildman–Crippen LogP) is 1.23. The van der Waals surface area contributed by atoms with Gasteiger partial charge in [-0.3, -0.25) is 0 Å². The number of benzene rings is 2. The van der Waals surface area contributed by atoms with Gasteiger partial charge in [0.05, 0.1) is 24.6 Å². The van der Waals surface area contributed by atoms with E-state index in [9.17, 15) is 25.5 Å². The number of aliphatic hydroxyl groups excluding tert-OH is 5. The third-order valence-corrected chi connectivity index (χ3v) is 6.65. The Hall–Kier alpha value is -1.61. The smallest absolute Gasteiger partial charge is 0.173 e. The number of aliphatic hydroxyl groups is 5. The van der Waals surface area contributed by atoms with Gasteiger partial charge in [-0.15, -0.1) is 11.8 Å². The first kappa shape index (κ1) is 22.1. The zero-order valence-electron chi connectivity index (χ0n) is 16.3. The summed E-state index contributed by atoms with van der Waals surface area (Å²) in [6.45, 7) is 1.67. The van der Waals surface area contributed by atoms with Gasteiger partial charge in [-0.25, -0.2) is 0 Å². The molecule has 0 aromatic heterocycles. The minimum atomic E-state index is -1.40. The van der Waals surface area contributed by atoms with E-state index in [0.717, 1.165) is 34.9 Å². The van der Waals surface area contributed by atoms with Crippen molar-refractivity contribution in [3.8, 4) is 5.75 Å². The van der Waals surface area contributed by atoms with Crippen molar-refractivity contribution >= 4 is 11.8 Å². The fourth-order valence-corrected chi connectivity index (χ4v) is 4.62. The van der Waals surface area contributed by atoms with Crippen LogP contribution in [-0.2, 0) is 19.4 Å².